The summed E-state index contributed by atoms with van der Waals surface area (Å²) in [5, 5.41) is 0.273. The Morgan fingerprint density at radius 3 is 2.70 bits per heavy atom. The summed E-state index contributed by atoms with van der Waals surface area (Å²) in [5.74, 6) is 0. The number of aromatic nitrogens is 3. The van der Waals surface area contributed by atoms with E-state index in [0.717, 1.165) is 5.56 Å². The highest BCUT2D eigenvalue weighted by atomic mass is 35.5. The molecule has 6 heteroatoms. The maximum absolute atomic E-state index is 12.3. The minimum atomic E-state index is -0.286. The molecule has 0 spiro atoms. The van der Waals surface area contributed by atoms with Crippen LogP contribution in [0.1, 0.15) is 16.1 Å². The highest BCUT2D eigenvalue weighted by Crippen LogP contribution is 2.12. The summed E-state index contributed by atoms with van der Waals surface area (Å²) in [4.78, 5) is 27.2. The van der Waals surface area contributed by atoms with Crippen molar-refractivity contribution in [3.63, 3.8) is 0 Å². The quantitative estimate of drug-likeness (QED) is 0.693. The van der Waals surface area contributed by atoms with Gasteiger partial charge in [0.05, 0.1) is 12.7 Å². The molecule has 5 nitrogen and oxygen atoms in total. The van der Waals surface area contributed by atoms with E-state index in [2.05, 4.69) is 4.98 Å². The molecule has 0 atom stereocenters. The Morgan fingerprint density at radius 2 is 2.00 bits per heavy atom. The molecule has 2 heterocycles. The number of halogens is 1. The van der Waals surface area contributed by atoms with Crippen LogP contribution >= 0.6 is 11.6 Å². The lowest BCUT2D eigenvalue weighted by Gasteiger charge is -2.08. The van der Waals surface area contributed by atoms with Gasteiger partial charge in [0.15, 0.2) is 6.29 Å². The van der Waals surface area contributed by atoms with E-state index in [9.17, 15) is 9.59 Å². The Labute approximate surface area is 119 Å². The number of carbonyl (C=O) groups excluding carboxylic acids is 1. The van der Waals surface area contributed by atoms with Crippen LogP contribution in [0, 0.1) is 0 Å². The monoisotopic (exact) mass is 287 g/mol. The van der Waals surface area contributed by atoms with Crippen LogP contribution in [-0.2, 0) is 6.54 Å². The molecule has 0 saturated heterocycles. The van der Waals surface area contributed by atoms with Gasteiger partial charge in [-0.15, -0.1) is 0 Å². The average Bonchev–Trinajstić information content (AvgIpc) is 2.90. The normalized spacial score (nSPS) is 10.8. The van der Waals surface area contributed by atoms with Crippen molar-refractivity contribution < 1.29 is 4.79 Å². The minimum Gasteiger partial charge on any atom is -0.305 e. The maximum Gasteiger partial charge on any atom is 0.294 e. The van der Waals surface area contributed by atoms with Crippen molar-refractivity contribution in [2.24, 2.45) is 0 Å². The van der Waals surface area contributed by atoms with Crippen molar-refractivity contribution >= 4 is 23.5 Å². The van der Waals surface area contributed by atoms with Gasteiger partial charge >= 0.3 is 0 Å². The lowest BCUT2D eigenvalue weighted by atomic mass is 10.2. The molecule has 0 radical (unpaired) electrons. The summed E-state index contributed by atoms with van der Waals surface area (Å²) < 4.78 is 2.83. The zero-order chi connectivity index (χ0) is 14.1. The minimum absolute atomic E-state index is 0.149. The van der Waals surface area contributed by atoms with Crippen LogP contribution in [0.5, 0.6) is 0 Å². The third-order valence-electron chi connectivity index (χ3n) is 3.03. The van der Waals surface area contributed by atoms with Gasteiger partial charge in [0, 0.05) is 6.20 Å². The number of hydrogen-bond donors (Lipinski definition) is 0. The van der Waals surface area contributed by atoms with E-state index >= 15 is 0 Å². The molecule has 2 aromatic heterocycles. The smallest absolute Gasteiger partial charge is 0.294 e. The zero-order valence-corrected chi connectivity index (χ0v) is 11.1. The van der Waals surface area contributed by atoms with E-state index in [4.69, 9.17) is 11.6 Å². The molecular formula is C14H10ClN3O2. The molecule has 3 aromatic rings. The van der Waals surface area contributed by atoms with E-state index in [1.54, 1.807) is 0 Å². The van der Waals surface area contributed by atoms with Gasteiger partial charge in [-0.3, -0.25) is 14.0 Å². The molecule has 20 heavy (non-hydrogen) atoms. The first-order chi connectivity index (χ1) is 9.70. The SMILES string of the molecule is O=Cc1cnc2c(=O)n(Cc3ccccc3)cc(Cl)n12. The molecule has 0 aliphatic heterocycles. The molecule has 3 rings (SSSR count). The molecule has 0 aliphatic carbocycles. The van der Waals surface area contributed by atoms with Crippen molar-refractivity contribution in [3.05, 3.63) is 69.5 Å². The fourth-order valence-electron chi connectivity index (χ4n) is 2.09. The van der Waals surface area contributed by atoms with Crippen LogP contribution in [0.2, 0.25) is 5.15 Å². The molecule has 0 fully saturated rings. The van der Waals surface area contributed by atoms with Gasteiger partial charge in [0.2, 0.25) is 5.65 Å². The van der Waals surface area contributed by atoms with Crippen molar-refractivity contribution in [2.75, 3.05) is 0 Å². The summed E-state index contributed by atoms with van der Waals surface area (Å²) in [6.45, 7) is 0.402. The second-order valence-corrected chi connectivity index (χ2v) is 4.72. The molecule has 0 aliphatic rings. The number of hydrogen-bond acceptors (Lipinski definition) is 3. The highest BCUT2D eigenvalue weighted by Gasteiger charge is 2.12. The zero-order valence-electron chi connectivity index (χ0n) is 10.4. The predicted octanol–water partition coefficient (Wildman–Crippen LogP) is 2.01. The van der Waals surface area contributed by atoms with E-state index < -0.39 is 0 Å². The van der Waals surface area contributed by atoms with Crippen LogP contribution < -0.4 is 5.56 Å². The fraction of sp³-hybridized carbons (Fsp3) is 0.0714. The first-order valence-electron chi connectivity index (χ1n) is 5.96. The molecule has 0 bridgehead atoms. The third kappa shape index (κ3) is 2.02. The van der Waals surface area contributed by atoms with Gasteiger partial charge < -0.3 is 4.57 Å². The molecule has 0 unspecified atom stereocenters. The lowest BCUT2D eigenvalue weighted by molar-refractivity contribution is 0.111. The Balaban J connectivity index is 2.16. The average molecular weight is 288 g/mol. The van der Waals surface area contributed by atoms with Gasteiger partial charge in [-0.1, -0.05) is 41.9 Å². The maximum atomic E-state index is 12.3. The standard InChI is InChI=1S/C14H10ClN3O2/c15-12-8-17(7-10-4-2-1-3-5-10)14(20)13-16-6-11(9-19)18(12)13/h1-6,8-9H,7H2. The van der Waals surface area contributed by atoms with Crippen LogP contribution in [0.25, 0.3) is 5.65 Å². The van der Waals surface area contributed by atoms with Crippen molar-refractivity contribution in [1.82, 2.24) is 14.0 Å². The van der Waals surface area contributed by atoms with Crippen LogP contribution in [0.4, 0.5) is 0 Å². The van der Waals surface area contributed by atoms with Crippen molar-refractivity contribution in [3.8, 4) is 0 Å². The molecule has 0 N–H and O–H groups in total. The van der Waals surface area contributed by atoms with Crippen molar-refractivity contribution in [2.45, 2.75) is 6.54 Å². The second-order valence-electron chi connectivity index (χ2n) is 4.33. The topological polar surface area (TPSA) is 56.4 Å². The number of rotatable bonds is 3. The van der Waals surface area contributed by atoms with Gasteiger partial charge in [-0.05, 0) is 5.56 Å². The fourth-order valence-corrected chi connectivity index (χ4v) is 2.39. The van der Waals surface area contributed by atoms with Crippen LogP contribution in [0.3, 0.4) is 0 Å². The van der Waals surface area contributed by atoms with Gasteiger partial charge in [0.1, 0.15) is 10.8 Å². The number of aldehydes is 1. The summed E-state index contributed by atoms with van der Waals surface area (Å²) in [6.07, 6.45) is 3.47. The number of fused-ring (bicyclic) bond motifs is 1. The molecule has 0 amide bonds. The van der Waals surface area contributed by atoms with E-state index in [0.29, 0.717) is 12.8 Å². The highest BCUT2D eigenvalue weighted by molar-refractivity contribution is 6.29. The number of carbonyl (C=O) groups is 1. The molecular weight excluding hydrogens is 278 g/mol. The summed E-state index contributed by atoms with van der Waals surface area (Å²) in [5.41, 5.74) is 1.10. The Morgan fingerprint density at radius 1 is 1.25 bits per heavy atom. The lowest BCUT2D eigenvalue weighted by Crippen LogP contribution is -2.23. The third-order valence-corrected chi connectivity index (χ3v) is 3.30. The van der Waals surface area contributed by atoms with Crippen molar-refractivity contribution in [1.29, 1.82) is 0 Å². The van der Waals surface area contributed by atoms with Crippen LogP contribution in [-0.4, -0.2) is 20.2 Å². The van der Waals surface area contributed by atoms with Crippen LogP contribution in [0.15, 0.2) is 47.5 Å². The second kappa shape index (κ2) is 4.94. The predicted molar refractivity (Wildman–Crippen MR) is 75.4 cm³/mol. The molecule has 1 aromatic carbocycles. The molecule has 0 saturated carbocycles. The molecule has 100 valence electrons. The summed E-state index contributed by atoms with van der Waals surface area (Å²) in [6, 6.07) is 9.56. The van der Waals surface area contributed by atoms with Gasteiger partial charge in [-0.2, -0.15) is 0 Å². The summed E-state index contributed by atoms with van der Waals surface area (Å²) in [7, 11) is 0. The van der Waals surface area contributed by atoms with Gasteiger partial charge in [0.25, 0.3) is 5.56 Å². The Bertz CT molecular complexity index is 837. The largest absolute Gasteiger partial charge is 0.305 e. The van der Waals surface area contributed by atoms with E-state index in [-0.39, 0.29) is 22.1 Å². The number of benzene rings is 1. The number of nitrogens with zero attached hydrogens (tertiary/aromatic N) is 3. The Hall–Kier alpha value is -2.40. The first kappa shape index (κ1) is 12.6. The first-order valence-corrected chi connectivity index (χ1v) is 6.34. The summed E-state index contributed by atoms with van der Waals surface area (Å²) >= 11 is 6.13. The van der Waals surface area contributed by atoms with E-state index in [1.165, 1.54) is 21.4 Å². The number of imidazole rings is 1. The van der Waals surface area contributed by atoms with Gasteiger partial charge in [-0.25, -0.2) is 4.98 Å². The Kier molecular flexibility index (Phi) is 3.12. The van der Waals surface area contributed by atoms with E-state index in [1.807, 2.05) is 30.3 Å².